The second-order valence-corrected chi connectivity index (χ2v) is 7.75. The third-order valence-corrected chi connectivity index (χ3v) is 5.37. The van der Waals surface area contributed by atoms with Crippen molar-refractivity contribution in [2.24, 2.45) is 0 Å². The van der Waals surface area contributed by atoms with Gasteiger partial charge < -0.3 is 19.3 Å². The van der Waals surface area contributed by atoms with E-state index in [9.17, 15) is 9.59 Å². The van der Waals surface area contributed by atoms with Gasteiger partial charge in [-0.05, 0) is 63.1 Å². The van der Waals surface area contributed by atoms with Crippen molar-refractivity contribution in [1.29, 1.82) is 0 Å². The van der Waals surface area contributed by atoms with Crippen molar-refractivity contribution in [2.45, 2.75) is 33.1 Å². The molecule has 166 valence electrons. The molecule has 2 amide bonds. The molecule has 0 N–H and O–H groups in total. The van der Waals surface area contributed by atoms with Gasteiger partial charge in [-0.25, -0.2) is 0 Å². The number of rotatable bonds is 8. The third-order valence-electron chi connectivity index (χ3n) is 5.37. The van der Waals surface area contributed by atoms with Crippen LogP contribution in [0.4, 0.5) is 0 Å². The molecule has 0 atom stereocenters. The topological polar surface area (TPSA) is 59.1 Å². The van der Waals surface area contributed by atoms with Crippen molar-refractivity contribution in [3.05, 3.63) is 59.7 Å². The Bertz CT molecular complexity index is 849. The van der Waals surface area contributed by atoms with Gasteiger partial charge in [-0.1, -0.05) is 17.7 Å². The summed E-state index contributed by atoms with van der Waals surface area (Å²) in [6.07, 6.45) is 1.92. The maximum absolute atomic E-state index is 12.8. The maximum Gasteiger partial charge on any atom is 0.253 e. The average molecular weight is 425 g/mol. The number of amides is 2. The minimum atomic E-state index is 0.00356. The lowest BCUT2D eigenvalue weighted by Crippen LogP contribution is -2.37. The van der Waals surface area contributed by atoms with Crippen molar-refractivity contribution < 1.29 is 19.1 Å². The third kappa shape index (κ3) is 6.74. The number of aryl methyl sites for hydroxylation is 1. The average Bonchev–Trinajstić information content (AvgIpc) is 3.04. The number of benzene rings is 2. The van der Waals surface area contributed by atoms with Crippen LogP contribution in [0.1, 0.15) is 42.1 Å². The van der Waals surface area contributed by atoms with Crippen LogP contribution in [0, 0.1) is 6.92 Å². The van der Waals surface area contributed by atoms with E-state index in [0.29, 0.717) is 57.8 Å². The molecule has 0 spiro atoms. The molecule has 6 nitrogen and oxygen atoms in total. The molecule has 1 heterocycles. The Morgan fingerprint density at radius 3 is 2.16 bits per heavy atom. The highest BCUT2D eigenvalue weighted by molar-refractivity contribution is 5.94. The first kappa shape index (κ1) is 22.7. The molecule has 2 aromatic carbocycles. The van der Waals surface area contributed by atoms with E-state index in [0.717, 1.165) is 17.9 Å². The van der Waals surface area contributed by atoms with Gasteiger partial charge in [0.15, 0.2) is 0 Å². The second-order valence-electron chi connectivity index (χ2n) is 7.75. The number of hydrogen-bond acceptors (Lipinski definition) is 4. The molecular weight excluding hydrogens is 392 g/mol. The molecular formula is C25H32N2O4. The lowest BCUT2D eigenvalue weighted by molar-refractivity contribution is -0.131. The molecule has 1 aliphatic rings. The molecule has 0 unspecified atom stereocenters. The minimum Gasteiger partial charge on any atom is -0.494 e. The summed E-state index contributed by atoms with van der Waals surface area (Å²) in [7, 11) is 0. The van der Waals surface area contributed by atoms with Crippen LogP contribution in [-0.2, 0) is 4.79 Å². The van der Waals surface area contributed by atoms with Crippen LogP contribution < -0.4 is 9.47 Å². The minimum absolute atomic E-state index is 0.00356. The van der Waals surface area contributed by atoms with Gasteiger partial charge in [0.1, 0.15) is 11.5 Å². The molecule has 1 fully saturated rings. The summed E-state index contributed by atoms with van der Waals surface area (Å²) in [4.78, 5) is 29.1. The second kappa shape index (κ2) is 11.4. The first-order valence-corrected chi connectivity index (χ1v) is 11.1. The van der Waals surface area contributed by atoms with Crippen molar-refractivity contribution in [2.75, 3.05) is 39.4 Å². The van der Waals surface area contributed by atoms with Gasteiger partial charge in [-0.3, -0.25) is 9.59 Å². The number of nitrogens with zero attached hydrogens (tertiary/aromatic N) is 2. The van der Waals surface area contributed by atoms with Crippen LogP contribution in [0.25, 0.3) is 0 Å². The monoisotopic (exact) mass is 424 g/mol. The smallest absolute Gasteiger partial charge is 0.253 e. The highest BCUT2D eigenvalue weighted by atomic mass is 16.5. The van der Waals surface area contributed by atoms with Gasteiger partial charge in [-0.15, -0.1) is 0 Å². The van der Waals surface area contributed by atoms with Crippen LogP contribution in [0.15, 0.2) is 48.5 Å². The molecule has 31 heavy (non-hydrogen) atoms. The summed E-state index contributed by atoms with van der Waals surface area (Å²) in [5.41, 5.74) is 1.84. The van der Waals surface area contributed by atoms with E-state index >= 15 is 0 Å². The van der Waals surface area contributed by atoms with E-state index in [1.165, 1.54) is 5.56 Å². The summed E-state index contributed by atoms with van der Waals surface area (Å²) in [6, 6.07) is 15.2. The zero-order valence-corrected chi connectivity index (χ0v) is 18.5. The fourth-order valence-electron chi connectivity index (χ4n) is 3.62. The van der Waals surface area contributed by atoms with Crippen LogP contribution in [-0.4, -0.2) is 61.0 Å². The van der Waals surface area contributed by atoms with Gasteiger partial charge in [0.25, 0.3) is 5.91 Å². The highest BCUT2D eigenvalue weighted by Gasteiger charge is 2.22. The Morgan fingerprint density at radius 1 is 0.839 bits per heavy atom. The van der Waals surface area contributed by atoms with Crippen LogP contribution in [0.3, 0.4) is 0 Å². The molecule has 0 aromatic heterocycles. The lowest BCUT2D eigenvalue weighted by atomic mass is 10.2. The Labute approximate surface area is 184 Å². The zero-order chi connectivity index (χ0) is 22.1. The molecule has 6 heteroatoms. The molecule has 0 bridgehead atoms. The first-order chi connectivity index (χ1) is 15.1. The Morgan fingerprint density at radius 2 is 1.45 bits per heavy atom. The molecule has 2 aromatic rings. The molecule has 0 saturated carbocycles. The lowest BCUT2D eigenvalue weighted by Gasteiger charge is -2.22. The number of hydrogen-bond donors (Lipinski definition) is 0. The van der Waals surface area contributed by atoms with E-state index in [4.69, 9.17) is 9.47 Å². The highest BCUT2D eigenvalue weighted by Crippen LogP contribution is 2.16. The fourth-order valence-corrected chi connectivity index (χ4v) is 3.62. The van der Waals surface area contributed by atoms with Gasteiger partial charge in [0, 0.05) is 38.2 Å². The van der Waals surface area contributed by atoms with Gasteiger partial charge >= 0.3 is 0 Å². The zero-order valence-electron chi connectivity index (χ0n) is 18.5. The van der Waals surface area contributed by atoms with Gasteiger partial charge in [0.2, 0.25) is 5.91 Å². The standard InChI is InChI=1S/C25H32N2O4/c1-3-30-22-13-9-21(10-14-22)25(29)27-16-5-15-26(17-18-27)24(28)6-4-19-31-23-11-7-20(2)8-12-23/h7-14H,3-6,15-19H2,1-2H3. The largest absolute Gasteiger partial charge is 0.494 e. The molecule has 0 radical (unpaired) electrons. The van der Waals surface area contributed by atoms with Crippen molar-refractivity contribution >= 4 is 11.8 Å². The summed E-state index contributed by atoms with van der Waals surface area (Å²) < 4.78 is 11.2. The Balaban J connectivity index is 1.42. The van der Waals surface area contributed by atoms with E-state index in [1.54, 1.807) is 12.1 Å². The number of ether oxygens (including phenoxy) is 2. The van der Waals surface area contributed by atoms with E-state index in [1.807, 2.05) is 60.0 Å². The SMILES string of the molecule is CCOc1ccc(C(=O)N2CCCN(C(=O)CCCOc3ccc(C)cc3)CC2)cc1. The summed E-state index contributed by atoms with van der Waals surface area (Å²) in [5.74, 6) is 1.72. The van der Waals surface area contributed by atoms with Crippen molar-refractivity contribution in [1.82, 2.24) is 9.80 Å². The summed E-state index contributed by atoms with van der Waals surface area (Å²) in [6.45, 7) is 7.55. The summed E-state index contributed by atoms with van der Waals surface area (Å²) in [5, 5.41) is 0. The quantitative estimate of drug-likeness (QED) is 0.603. The molecule has 0 aliphatic carbocycles. The predicted octanol–water partition coefficient (Wildman–Crippen LogP) is 3.93. The molecule has 1 saturated heterocycles. The first-order valence-electron chi connectivity index (χ1n) is 11.1. The Hall–Kier alpha value is -3.02. The van der Waals surface area contributed by atoms with E-state index < -0.39 is 0 Å². The van der Waals surface area contributed by atoms with Gasteiger partial charge in [-0.2, -0.15) is 0 Å². The van der Waals surface area contributed by atoms with Crippen LogP contribution in [0.2, 0.25) is 0 Å². The number of carbonyl (C=O) groups is 2. The van der Waals surface area contributed by atoms with Crippen LogP contribution >= 0.6 is 0 Å². The maximum atomic E-state index is 12.8. The van der Waals surface area contributed by atoms with Crippen molar-refractivity contribution in [3.8, 4) is 11.5 Å². The summed E-state index contributed by atoms with van der Waals surface area (Å²) >= 11 is 0. The number of carbonyl (C=O) groups excluding carboxylic acids is 2. The van der Waals surface area contributed by atoms with E-state index in [2.05, 4.69) is 0 Å². The van der Waals surface area contributed by atoms with Crippen molar-refractivity contribution in [3.63, 3.8) is 0 Å². The van der Waals surface area contributed by atoms with E-state index in [-0.39, 0.29) is 11.8 Å². The predicted molar refractivity (Wildman–Crippen MR) is 121 cm³/mol. The Kier molecular flexibility index (Phi) is 8.33. The van der Waals surface area contributed by atoms with Gasteiger partial charge in [0.05, 0.1) is 13.2 Å². The molecule has 3 rings (SSSR count). The fraction of sp³-hybridized carbons (Fsp3) is 0.440. The molecule has 1 aliphatic heterocycles. The van der Waals surface area contributed by atoms with Crippen LogP contribution in [0.5, 0.6) is 11.5 Å². The normalized spacial score (nSPS) is 14.1.